The quantitative estimate of drug-likeness (QED) is 0.875. The fourth-order valence-corrected chi connectivity index (χ4v) is 2.08. The van der Waals surface area contributed by atoms with Crippen molar-refractivity contribution in [2.24, 2.45) is 5.73 Å². The van der Waals surface area contributed by atoms with Crippen molar-refractivity contribution in [1.29, 1.82) is 0 Å². The number of hydrogen-bond donors (Lipinski definition) is 1. The summed E-state index contributed by atoms with van der Waals surface area (Å²) in [6.45, 7) is 1.45. The normalized spacial score (nSPS) is 10.3. The van der Waals surface area contributed by atoms with E-state index in [1.807, 2.05) is 37.5 Å². The molecule has 0 saturated heterocycles. The third-order valence-electron chi connectivity index (χ3n) is 3.19. The van der Waals surface area contributed by atoms with Crippen molar-refractivity contribution >= 4 is 5.82 Å². The molecule has 0 aliphatic heterocycles. The van der Waals surface area contributed by atoms with Crippen LogP contribution < -0.4 is 15.4 Å². The first-order chi connectivity index (χ1) is 9.72. The van der Waals surface area contributed by atoms with E-state index in [1.165, 1.54) is 11.1 Å². The molecule has 0 saturated carbocycles. The lowest BCUT2D eigenvalue weighted by molar-refractivity contribution is 0.414. The van der Waals surface area contributed by atoms with Gasteiger partial charge in [-0.3, -0.25) is 0 Å². The Bertz CT molecular complexity index is 540. The van der Waals surface area contributed by atoms with E-state index in [0.29, 0.717) is 6.54 Å². The number of nitrogens with zero attached hydrogens (tertiary/aromatic N) is 2. The van der Waals surface area contributed by atoms with Crippen molar-refractivity contribution in [1.82, 2.24) is 4.98 Å². The maximum absolute atomic E-state index is 5.54. The molecule has 1 aromatic heterocycles. The van der Waals surface area contributed by atoms with Gasteiger partial charge in [0.2, 0.25) is 0 Å². The van der Waals surface area contributed by atoms with Crippen LogP contribution in [0.2, 0.25) is 0 Å². The molecule has 4 heteroatoms. The number of methoxy groups -OCH3 is 1. The van der Waals surface area contributed by atoms with Gasteiger partial charge in [-0.25, -0.2) is 4.98 Å². The Hall–Kier alpha value is -2.07. The van der Waals surface area contributed by atoms with Crippen LogP contribution in [0.15, 0.2) is 42.6 Å². The van der Waals surface area contributed by atoms with Crippen molar-refractivity contribution in [2.45, 2.75) is 13.0 Å². The molecule has 4 nitrogen and oxygen atoms in total. The molecule has 1 aromatic carbocycles. The second-order valence-electron chi connectivity index (χ2n) is 4.77. The minimum absolute atomic E-state index is 0.653. The molecule has 1 heterocycles. The standard InChI is InChI=1S/C16H21N3O/c1-19(12-14-4-3-5-15(10-14)20-2)16-7-6-13(8-9-17)11-18-16/h3-7,10-11H,8-9,12,17H2,1-2H3. The van der Waals surface area contributed by atoms with Crippen molar-refractivity contribution in [2.75, 3.05) is 25.6 Å². The predicted octanol–water partition coefficient (Wildman–Crippen LogP) is 2.23. The van der Waals surface area contributed by atoms with Gasteiger partial charge >= 0.3 is 0 Å². The number of benzene rings is 1. The van der Waals surface area contributed by atoms with Crippen LogP contribution in [0, 0.1) is 0 Å². The van der Waals surface area contributed by atoms with Gasteiger partial charge in [-0.1, -0.05) is 18.2 Å². The minimum atomic E-state index is 0.653. The Labute approximate surface area is 120 Å². The highest BCUT2D eigenvalue weighted by Crippen LogP contribution is 2.17. The van der Waals surface area contributed by atoms with E-state index in [-0.39, 0.29) is 0 Å². The molecule has 2 rings (SSSR count). The van der Waals surface area contributed by atoms with Crippen molar-refractivity contribution in [3.63, 3.8) is 0 Å². The van der Waals surface area contributed by atoms with Crippen LogP contribution in [-0.4, -0.2) is 25.7 Å². The van der Waals surface area contributed by atoms with Gasteiger partial charge in [0.05, 0.1) is 7.11 Å². The third-order valence-corrected chi connectivity index (χ3v) is 3.19. The molecule has 106 valence electrons. The zero-order valence-electron chi connectivity index (χ0n) is 12.0. The molecule has 0 unspecified atom stereocenters. The van der Waals surface area contributed by atoms with Gasteiger partial charge < -0.3 is 15.4 Å². The largest absolute Gasteiger partial charge is 0.497 e. The van der Waals surface area contributed by atoms with E-state index in [9.17, 15) is 0 Å². The topological polar surface area (TPSA) is 51.4 Å². The van der Waals surface area contributed by atoms with Crippen LogP contribution in [0.25, 0.3) is 0 Å². The number of nitrogens with two attached hydrogens (primary N) is 1. The lowest BCUT2D eigenvalue weighted by Gasteiger charge is -2.18. The molecule has 20 heavy (non-hydrogen) atoms. The van der Waals surface area contributed by atoms with E-state index in [0.717, 1.165) is 24.5 Å². The number of aromatic nitrogens is 1. The van der Waals surface area contributed by atoms with Gasteiger partial charge in [0.15, 0.2) is 0 Å². The molecule has 2 aromatic rings. The van der Waals surface area contributed by atoms with Crippen molar-refractivity contribution in [3.05, 3.63) is 53.7 Å². The number of rotatable bonds is 6. The van der Waals surface area contributed by atoms with E-state index in [2.05, 4.69) is 22.0 Å². The van der Waals surface area contributed by atoms with Crippen LogP contribution in [0.1, 0.15) is 11.1 Å². The average Bonchev–Trinajstić information content (AvgIpc) is 2.48. The van der Waals surface area contributed by atoms with Gasteiger partial charge in [0.1, 0.15) is 11.6 Å². The van der Waals surface area contributed by atoms with Crippen LogP contribution in [-0.2, 0) is 13.0 Å². The first kappa shape index (κ1) is 14.3. The molecule has 2 N–H and O–H groups in total. The highest BCUT2D eigenvalue weighted by molar-refractivity contribution is 5.40. The Morgan fingerprint density at radius 3 is 2.70 bits per heavy atom. The summed E-state index contributed by atoms with van der Waals surface area (Å²) < 4.78 is 5.24. The Morgan fingerprint density at radius 2 is 2.05 bits per heavy atom. The van der Waals surface area contributed by atoms with Crippen LogP contribution in [0.4, 0.5) is 5.82 Å². The highest BCUT2D eigenvalue weighted by atomic mass is 16.5. The lowest BCUT2D eigenvalue weighted by Crippen LogP contribution is -2.17. The average molecular weight is 271 g/mol. The summed E-state index contributed by atoms with van der Waals surface area (Å²) in [4.78, 5) is 6.59. The molecule has 0 aliphatic carbocycles. The maximum atomic E-state index is 5.54. The lowest BCUT2D eigenvalue weighted by atomic mass is 10.2. The van der Waals surface area contributed by atoms with Crippen LogP contribution in [0.5, 0.6) is 5.75 Å². The number of pyridine rings is 1. The predicted molar refractivity (Wildman–Crippen MR) is 82.1 cm³/mol. The van der Waals surface area contributed by atoms with Crippen molar-refractivity contribution < 1.29 is 4.74 Å². The summed E-state index contributed by atoms with van der Waals surface area (Å²) >= 11 is 0. The minimum Gasteiger partial charge on any atom is -0.497 e. The SMILES string of the molecule is COc1cccc(CN(C)c2ccc(CCN)cn2)c1. The van der Waals surface area contributed by atoms with Gasteiger partial charge in [0, 0.05) is 19.8 Å². The monoisotopic (exact) mass is 271 g/mol. The molecule has 0 atom stereocenters. The molecule has 0 amide bonds. The summed E-state index contributed by atoms with van der Waals surface area (Å²) in [5.74, 6) is 1.83. The molecule has 0 spiro atoms. The maximum Gasteiger partial charge on any atom is 0.128 e. The fraction of sp³-hybridized carbons (Fsp3) is 0.312. The smallest absolute Gasteiger partial charge is 0.128 e. The number of ether oxygens (including phenoxy) is 1. The van der Waals surface area contributed by atoms with E-state index in [4.69, 9.17) is 10.5 Å². The number of anilines is 1. The highest BCUT2D eigenvalue weighted by Gasteiger charge is 2.04. The first-order valence-electron chi connectivity index (χ1n) is 6.72. The molecular weight excluding hydrogens is 250 g/mol. The van der Waals surface area contributed by atoms with Gasteiger partial charge in [-0.2, -0.15) is 0 Å². The molecule has 0 radical (unpaired) electrons. The van der Waals surface area contributed by atoms with Crippen LogP contribution in [0.3, 0.4) is 0 Å². The van der Waals surface area contributed by atoms with Gasteiger partial charge in [0.25, 0.3) is 0 Å². The van der Waals surface area contributed by atoms with E-state index < -0.39 is 0 Å². The molecule has 0 aliphatic rings. The van der Waals surface area contributed by atoms with E-state index >= 15 is 0 Å². The fourth-order valence-electron chi connectivity index (χ4n) is 2.08. The van der Waals surface area contributed by atoms with E-state index in [1.54, 1.807) is 7.11 Å². The molecule has 0 bridgehead atoms. The second kappa shape index (κ2) is 6.91. The molecule has 0 fully saturated rings. The van der Waals surface area contributed by atoms with Gasteiger partial charge in [-0.05, 0) is 42.3 Å². The summed E-state index contributed by atoms with van der Waals surface area (Å²) in [5, 5.41) is 0. The summed E-state index contributed by atoms with van der Waals surface area (Å²) in [6, 6.07) is 12.2. The Balaban J connectivity index is 2.05. The third kappa shape index (κ3) is 3.71. The zero-order chi connectivity index (χ0) is 14.4. The van der Waals surface area contributed by atoms with Crippen molar-refractivity contribution in [3.8, 4) is 5.75 Å². The van der Waals surface area contributed by atoms with Crippen LogP contribution >= 0.6 is 0 Å². The number of hydrogen-bond acceptors (Lipinski definition) is 4. The Kier molecular flexibility index (Phi) is 4.96. The van der Waals surface area contributed by atoms with Gasteiger partial charge in [-0.15, -0.1) is 0 Å². The summed E-state index contributed by atoms with van der Waals surface area (Å²) in [6.07, 6.45) is 2.76. The first-order valence-corrected chi connectivity index (χ1v) is 6.72. The summed E-state index contributed by atoms with van der Waals surface area (Å²) in [5.41, 5.74) is 7.90. The summed E-state index contributed by atoms with van der Waals surface area (Å²) in [7, 11) is 3.71. The second-order valence-corrected chi connectivity index (χ2v) is 4.77. The Morgan fingerprint density at radius 1 is 1.20 bits per heavy atom. The zero-order valence-corrected chi connectivity index (χ0v) is 12.0. The molecular formula is C16H21N3O.